The van der Waals surface area contributed by atoms with E-state index in [9.17, 15) is 4.79 Å². The summed E-state index contributed by atoms with van der Waals surface area (Å²) in [6.07, 6.45) is 8.53. The number of aryl methyl sites for hydroxylation is 1. The zero-order valence-corrected chi connectivity index (χ0v) is 15.1. The first-order chi connectivity index (χ1) is 12.1. The van der Waals surface area contributed by atoms with Crippen molar-refractivity contribution in [1.29, 1.82) is 0 Å². The summed E-state index contributed by atoms with van der Waals surface area (Å²) in [4.78, 5) is 17.6. The summed E-state index contributed by atoms with van der Waals surface area (Å²) in [6.45, 7) is 4.06. The van der Waals surface area contributed by atoms with Crippen LogP contribution < -0.4 is 0 Å². The molecular formula is C20H26N4O. The van der Waals surface area contributed by atoms with E-state index in [2.05, 4.69) is 21.9 Å². The Bertz CT molecular complexity index is 751. The summed E-state index contributed by atoms with van der Waals surface area (Å²) in [7, 11) is 2.19. The number of amides is 1. The number of carbonyl (C=O) groups excluding carboxylic acids is 1. The van der Waals surface area contributed by atoms with E-state index in [0.717, 1.165) is 42.7 Å². The number of rotatable bonds is 3. The maximum absolute atomic E-state index is 13.1. The second-order valence-corrected chi connectivity index (χ2v) is 7.41. The predicted octanol–water partition coefficient (Wildman–Crippen LogP) is 2.88. The van der Waals surface area contributed by atoms with Crippen molar-refractivity contribution < 1.29 is 4.79 Å². The van der Waals surface area contributed by atoms with Crippen molar-refractivity contribution in [3.05, 3.63) is 47.8 Å². The van der Waals surface area contributed by atoms with E-state index in [1.54, 1.807) is 0 Å². The maximum Gasteiger partial charge on any atom is 0.254 e. The van der Waals surface area contributed by atoms with Gasteiger partial charge in [0.25, 0.3) is 5.91 Å². The minimum atomic E-state index is 0.172. The quantitative estimate of drug-likeness (QED) is 0.864. The third-order valence-corrected chi connectivity index (χ3v) is 5.67. The standard InChI is InChI=1S/C20H26N4O/c1-15-13-21-24(14-15)17-9-7-16(8-10-17)20(25)23-12-4-6-19(23)18-5-3-11-22(18)2/h7-10,13-14,18-19H,3-6,11-12H2,1-2H3. The average Bonchev–Trinajstić information content (AvgIpc) is 3.35. The molecule has 5 heteroatoms. The molecule has 1 amide bonds. The largest absolute Gasteiger partial charge is 0.334 e. The minimum Gasteiger partial charge on any atom is -0.334 e. The molecule has 0 radical (unpaired) electrons. The topological polar surface area (TPSA) is 41.4 Å². The predicted molar refractivity (Wildman–Crippen MR) is 98.0 cm³/mol. The van der Waals surface area contributed by atoms with Crippen LogP contribution in [0, 0.1) is 6.92 Å². The van der Waals surface area contributed by atoms with Gasteiger partial charge in [-0.1, -0.05) is 0 Å². The average molecular weight is 338 g/mol. The molecule has 2 aliphatic rings. The van der Waals surface area contributed by atoms with E-state index in [4.69, 9.17) is 0 Å². The smallest absolute Gasteiger partial charge is 0.254 e. The number of aromatic nitrogens is 2. The number of hydrogen-bond acceptors (Lipinski definition) is 3. The molecule has 0 aliphatic carbocycles. The molecule has 2 saturated heterocycles. The highest BCUT2D eigenvalue weighted by atomic mass is 16.2. The molecule has 0 bridgehead atoms. The minimum absolute atomic E-state index is 0.172. The molecule has 5 nitrogen and oxygen atoms in total. The van der Waals surface area contributed by atoms with Crippen molar-refractivity contribution in [2.45, 2.75) is 44.7 Å². The van der Waals surface area contributed by atoms with Crippen LogP contribution in [0.5, 0.6) is 0 Å². The second-order valence-electron chi connectivity index (χ2n) is 7.41. The lowest BCUT2D eigenvalue weighted by Crippen LogP contribution is -2.47. The molecule has 2 aliphatic heterocycles. The Labute approximate surface area is 149 Å². The third-order valence-electron chi connectivity index (χ3n) is 5.67. The van der Waals surface area contributed by atoms with Crippen LogP contribution >= 0.6 is 0 Å². The van der Waals surface area contributed by atoms with Gasteiger partial charge in [-0.05, 0) is 76.0 Å². The summed E-state index contributed by atoms with van der Waals surface area (Å²) < 4.78 is 1.84. The fourth-order valence-corrected chi connectivity index (χ4v) is 4.34. The number of hydrogen-bond donors (Lipinski definition) is 0. The van der Waals surface area contributed by atoms with Gasteiger partial charge in [-0.3, -0.25) is 4.79 Å². The molecule has 3 heterocycles. The Morgan fingerprint density at radius 1 is 1.08 bits per heavy atom. The Morgan fingerprint density at radius 2 is 1.80 bits per heavy atom. The van der Waals surface area contributed by atoms with Gasteiger partial charge in [0.1, 0.15) is 0 Å². The Balaban J connectivity index is 1.52. The van der Waals surface area contributed by atoms with E-state index in [-0.39, 0.29) is 5.91 Å². The molecule has 132 valence electrons. The third kappa shape index (κ3) is 3.09. The molecule has 2 atom stereocenters. The van der Waals surface area contributed by atoms with Gasteiger partial charge in [0.2, 0.25) is 0 Å². The highest BCUT2D eigenvalue weighted by Crippen LogP contribution is 2.30. The fraction of sp³-hybridized carbons (Fsp3) is 0.500. The van der Waals surface area contributed by atoms with Gasteiger partial charge in [-0.2, -0.15) is 5.10 Å². The van der Waals surface area contributed by atoms with Crippen LogP contribution in [0.1, 0.15) is 41.6 Å². The molecule has 4 rings (SSSR count). The molecule has 2 unspecified atom stereocenters. The molecule has 0 saturated carbocycles. The van der Waals surface area contributed by atoms with Crippen LogP contribution in [0.25, 0.3) is 5.69 Å². The van der Waals surface area contributed by atoms with E-state index >= 15 is 0 Å². The van der Waals surface area contributed by atoms with Crippen LogP contribution in [-0.2, 0) is 0 Å². The molecule has 2 aromatic rings. The monoisotopic (exact) mass is 338 g/mol. The molecule has 2 fully saturated rings. The normalized spacial score (nSPS) is 24.2. The molecule has 0 spiro atoms. The molecule has 1 aromatic heterocycles. The lowest BCUT2D eigenvalue weighted by atomic mass is 10.0. The van der Waals surface area contributed by atoms with Crippen molar-refractivity contribution in [2.75, 3.05) is 20.1 Å². The van der Waals surface area contributed by atoms with Crippen LogP contribution in [0.4, 0.5) is 0 Å². The van der Waals surface area contributed by atoms with Gasteiger partial charge in [0, 0.05) is 30.4 Å². The lowest BCUT2D eigenvalue weighted by Gasteiger charge is -2.33. The van der Waals surface area contributed by atoms with Crippen LogP contribution in [-0.4, -0.2) is 57.7 Å². The molecule has 1 aromatic carbocycles. The Kier molecular flexibility index (Phi) is 4.34. The summed E-state index contributed by atoms with van der Waals surface area (Å²) in [5.41, 5.74) is 2.89. The molecule has 0 N–H and O–H groups in total. The SMILES string of the molecule is Cc1cnn(-c2ccc(C(=O)N3CCCC3C3CCCN3C)cc2)c1. The van der Waals surface area contributed by atoms with Crippen LogP contribution in [0.2, 0.25) is 0 Å². The number of likely N-dealkylation sites (N-methyl/N-ethyl adjacent to an activating group) is 1. The van der Waals surface area contributed by atoms with Crippen LogP contribution in [0.3, 0.4) is 0 Å². The van der Waals surface area contributed by atoms with E-state index < -0.39 is 0 Å². The van der Waals surface area contributed by atoms with Gasteiger partial charge in [0.05, 0.1) is 11.9 Å². The highest BCUT2D eigenvalue weighted by Gasteiger charge is 2.38. The Hall–Kier alpha value is -2.14. The van der Waals surface area contributed by atoms with E-state index in [1.165, 1.54) is 12.8 Å². The summed E-state index contributed by atoms with van der Waals surface area (Å²) in [5.74, 6) is 0.172. The van der Waals surface area contributed by atoms with Crippen molar-refractivity contribution in [3.8, 4) is 5.69 Å². The van der Waals surface area contributed by atoms with Crippen LogP contribution in [0.15, 0.2) is 36.7 Å². The van der Waals surface area contributed by atoms with Gasteiger partial charge < -0.3 is 9.80 Å². The first-order valence-corrected chi connectivity index (χ1v) is 9.26. The van der Waals surface area contributed by atoms with Crippen molar-refractivity contribution in [3.63, 3.8) is 0 Å². The molecular weight excluding hydrogens is 312 g/mol. The van der Waals surface area contributed by atoms with E-state index in [1.807, 2.05) is 48.3 Å². The van der Waals surface area contributed by atoms with Gasteiger partial charge in [-0.25, -0.2) is 4.68 Å². The van der Waals surface area contributed by atoms with Crippen molar-refractivity contribution >= 4 is 5.91 Å². The zero-order chi connectivity index (χ0) is 17.4. The van der Waals surface area contributed by atoms with Gasteiger partial charge in [0.15, 0.2) is 0 Å². The maximum atomic E-state index is 13.1. The zero-order valence-electron chi connectivity index (χ0n) is 15.1. The van der Waals surface area contributed by atoms with Gasteiger partial charge in [-0.15, -0.1) is 0 Å². The number of nitrogens with zero attached hydrogens (tertiary/aromatic N) is 4. The number of likely N-dealkylation sites (tertiary alicyclic amines) is 2. The van der Waals surface area contributed by atoms with E-state index in [0.29, 0.717) is 12.1 Å². The lowest BCUT2D eigenvalue weighted by molar-refractivity contribution is 0.0664. The van der Waals surface area contributed by atoms with Crippen molar-refractivity contribution in [2.24, 2.45) is 0 Å². The highest BCUT2D eigenvalue weighted by molar-refractivity contribution is 5.94. The number of benzene rings is 1. The summed E-state index contributed by atoms with van der Waals surface area (Å²) in [6, 6.07) is 8.72. The summed E-state index contributed by atoms with van der Waals surface area (Å²) >= 11 is 0. The first kappa shape index (κ1) is 16.3. The van der Waals surface area contributed by atoms with Crippen molar-refractivity contribution in [1.82, 2.24) is 19.6 Å². The fourth-order valence-electron chi connectivity index (χ4n) is 4.34. The second kappa shape index (κ2) is 6.64. The summed E-state index contributed by atoms with van der Waals surface area (Å²) in [5, 5.41) is 4.33. The molecule has 25 heavy (non-hydrogen) atoms. The number of carbonyl (C=O) groups is 1. The Morgan fingerprint density at radius 3 is 2.44 bits per heavy atom. The first-order valence-electron chi connectivity index (χ1n) is 9.26. The van der Waals surface area contributed by atoms with Gasteiger partial charge >= 0.3 is 0 Å².